The first-order chi connectivity index (χ1) is 7.70. The fraction of sp³-hybridized carbons (Fsp3) is 0.833. The van der Waals surface area contributed by atoms with Gasteiger partial charge in [0, 0.05) is 12.1 Å². The van der Waals surface area contributed by atoms with Crippen LogP contribution < -0.4 is 10.6 Å². The van der Waals surface area contributed by atoms with Crippen LogP contribution in [0, 0.1) is 17.2 Å². The van der Waals surface area contributed by atoms with E-state index in [-0.39, 0.29) is 23.9 Å². The van der Waals surface area contributed by atoms with Gasteiger partial charge in [0.05, 0.1) is 18.0 Å². The molecule has 0 saturated heterocycles. The van der Waals surface area contributed by atoms with Crippen LogP contribution in [0.15, 0.2) is 0 Å². The summed E-state index contributed by atoms with van der Waals surface area (Å²) in [4.78, 5) is 11.7. The summed E-state index contributed by atoms with van der Waals surface area (Å²) in [5.41, 5.74) is 0. The van der Waals surface area contributed by atoms with Gasteiger partial charge in [-0.15, -0.1) is 0 Å². The fourth-order valence-corrected chi connectivity index (χ4v) is 2.26. The molecule has 2 rings (SSSR count). The lowest BCUT2D eigenvalue weighted by molar-refractivity contribution is -0.123. The monoisotopic (exact) mass is 221 g/mol. The summed E-state index contributed by atoms with van der Waals surface area (Å²) in [6.07, 6.45) is 5.29. The van der Waals surface area contributed by atoms with E-state index in [2.05, 4.69) is 16.7 Å². The molecule has 0 radical (unpaired) electrons. The zero-order valence-electron chi connectivity index (χ0n) is 9.70. The molecule has 2 N–H and O–H groups in total. The fourth-order valence-electron chi connectivity index (χ4n) is 2.26. The van der Waals surface area contributed by atoms with E-state index in [1.807, 2.05) is 6.92 Å². The maximum Gasteiger partial charge on any atom is 0.237 e. The van der Waals surface area contributed by atoms with Crippen LogP contribution in [-0.4, -0.2) is 24.0 Å². The molecule has 0 aliphatic heterocycles. The van der Waals surface area contributed by atoms with Crippen LogP contribution in [0.4, 0.5) is 0 Å². The van der Waals surface area contributed by atoms with E-state index in [4.69, 9.17) is 5.26 Å². The number of hydrogen-bond donors (Lipinski definition) is 2. The topological polar surface area (TPSA) is 64.9 Å². The van der Waals surface area contributed by atoms with Gasteiger partial charge in [-0.2, -0.15) is 5.26 Å². The molecule has 0 aromatic carbocycles. The van der Waals surface area contributed by atoms with Crippen molar-refractivity contribution < 1.29 is 4.79 Å². The Morgan fingerprint density at radius 1 is 1.38 bits per heavy atom. The highest BCUT2D eigenvalue weighted by Gasteiger charge is 2.31. The summed E-state index contributed by atoms with van der Waals surface area (Å²) < 4.78 is 0. The minimum atomic E-state index is -0.181. The van der Waals surface area contributed by atoms with E-state index in [0.717, 1.165) is 32.1 Å². The van der Waals surface area contributed by atoms with Gasteiger partial charge in [-0.25, -0.2) is 0 Å². The van der Waals surface area contributed by atoms with Crippen LogP contribution >= 0.6 is 0 Å². The van der Waals surface area contributed by atoms with Gasteiger partial charge in [0.25, 0.3) is 0 Å². The van der Waals surface area contributed by atoms with E-state index in [1.165, 1.54) is 0 Å². The molecule has 1 amide bonds. The Kier molecular flexibility index (Phi) is 3.45. The molecule has 2 fully saturated rings. The summed E-state index contributed by atoms with van der Waals surface area (Å²) in [6.45, 7) is 1.88. The Morgan fingerprint density at radius 2 is 2.12 bits per heavy atom. The van der Waals surface area contributed by atoms with Gasteiger partial charge in [0.15, 0.2) is 0 Å². The van der Waals surface area contributed by atoms with Crippen LogP contribution in [0.2, 0.25) is 0 Å². The van der Waals surface area contributed by atoms with E-state index in [0.29, 0.717) is 6.04 Å². The lowest BCUT2D eigenvalue weighted by Gasteiger charge is -2.20. The average molecular weight is 221 g/mol. The number of carbonyl (C=O) groups excluding carboxylic acids is 1. The summed E-state index contributed by atoms with van der Waals surface area (Å²) in [6, 6.07) is 2.74. The molecule has 0 aromatic rings. The summed E-state index contributed by atoms with van der Waals surface area (Å²) in [5.74, 6) is 0.155. The third-order valence-electron chi connectivity index (χ3n) is 3.46. The zero-order valence-corrected chi connectivity index (χ0v) is 9.70. The van der Waals surface area contributed by atoms with Crippen molar-refractivity contribution in [1.82, 2.24) is 10.6 Å². The van der Waals surface area contributed by atoms with Crippen LogP contribution in [0.1, 0.15) is 39.0 Å². The predicted molar refractivity (Wildman–Crippen MR) is 60.5 cm³/mol. The highest BCUT2D eigenvalue weighted by atomic mass is 16.2. The molecule has 0 heterocycles. The van der Waals surface area contributed by atoms with Gasteiger partial charge in [-0.3, -0.25) is 4.79 Å². The highest BCUT2D eigenvalue weighted by Crippen LogP contribution is 2.25. The van der Waals surface area contributed by atoms with Crippen molar-refractivity contribution in [3.05, 3.63) is 0 Å². The summed E-state index contributed by atoms with van der Waals surface area (Å²) >= 11 is 0. The molecule has 4 nitrogen and oxygen atoms in total. The van der Waals surface area contributed by atoms with Crippen molar-refractivity contribution in [2.45, 2.75) is 57.2 Å². The second kappa shape index (κ2) is 4.84. The van der Waals surface area contributed by atoms with Crippen molar-refractivity contribution in [1.29, 1.82) is 5.26 Å². The average Bonchev–Trinajstić information content (AvgIpc) is 2.96. The molecule has 16 heavy (non-hydrogen) atoms. The number of nitriles is 1. The molecular weight excluding hydrogens is 202 g/mol. The lowest BCUT2D eigenvalue weighted by atomic mass is 10.0. The van der Waals surface area contributed by atoms with Gasteiger partial charge in [0.1, 0.15) is 0 Å². The molecule has 4 heteroatoms. The largest absolute Gasteiger partial charge is 0.352 e. The molecule has 2 aliphatic rings. The van der Waals surface area contributed by atoms with E-state index in [9.17, 15) is 4.79 Å². The second-order valence-corrected chi connectivity index (χ2v) is 4.94. The summed E-state index contributed by atoms with van der Waals surface area (Å²) in [5, 5.41) is 15.2. The zero-order chi connectivity index (χ0) is 11.5. The number of amides is 1. The number of nitrogens with one attached hydrogen (secondary N) is 2. The van der Waals surface area contributed by atoms with Crippen LogP contribution in [0.3, 0.4) is 0 Å². The number of hydrogen-bond acceptors (Lipinski definition) is 3. The Morgan fingerprint density at radius 3 is 2.75 bits per heavy atom. The quantitative estimate of drug-likeness (QED) is 0.742. The van der Waals surface area contributed by atoms with Crippen molar-refractivity contribution in [3.8, 4) is 6.07 Å². The summed E-state index contributed by atoms with van der Waals surface area (Å²) in [7, 11) is 0. The predicted octanol–water partition coefficient (Wildman–Crippen LogP) is 0.935. The molecule has 0 spiro atoms. The normalized spacial score (nSPS) is 30.8. The molecule has 88 valence electrons. The minimum Gasteiger partial charge on any atom is -0.352 e. The smallest absolute Gasteiger partial charge is 0.237 e. The van der Waals surface area contributed by atoms with E-state index >= 15 is 0 Å². The van der Waals surface area contributed by atoms with E-state index in [1.54, 1.807) is 0 Å². The van der Waals surface area contributed by atoms with Gasteiger partial charge < -0.3 is 10.6 Å². The standard InChI is InChI=1S/C12H19N3O/c1-8(12(16)15-10-5-6-10)14-11-4-2-3-9(11)7-13/h8-11,14H,2-6H2,1H3,(H,15,16). The molecule has 0 bridgehead atoms. The van der Waals surface area contributed by atoms with Crippen LogP contribution in [-0.2, 0) is 4.79 Å². The van der Waals surface area contributed by atoms with Crippen LogP contribution in [0.5, 0.6) is 0 Å². The maximum absolute atomic E-state index is 11.7. The number of rotatable bonds is 4. The number of carbonyl (C=O) groups is 1. The molecule has 2 saturated carbocycles. The molecular formula is C12H19N3O. The Bertz CT molecular complexity index is 306. The second-order valence-electron chi connectivity index (χ2n) is 4.94. The number of nitrogens with zero attached hydrogens (tertiary/aromatic N) is 1. The molecule has 3 atom stereocenters. The van der Waals surface area contributed by atoms with Crippen molar-refractivity contribution in [2.75, 3.05) is 0 Å². The van der Waals surface area contributed by atoms with Gasteiger partial charge >= 0.3 is 0 Å². The van der Waals surface area contributed by atoms with Crippen molar-refractivity contribution in [2.24, 2.45) is 5.92 Å². The van der Waals surface area contributed by atoms with Gasteiger partial charge in [-0.05, 0) is 32.6 Å². The third-order valence-corrected chi connectivity index (χ3v) is 3.46. The Labute approximate surface area is 96.4 Å². The highest BCUT2D eigenvalue weighted by molar-refractivity contribution is 5.81. The SMILES string of the molecule is CC(NC1CCCC1C#N)C(=O)NC1CC1. The Balaban J connectivity index is 1.79. The van der Waals surface area contributed by atoms with Crippen molar-refractivity contribution >= 4 is 5.91 Å². The third kappa shape index (κ3) is 2.73. The van der Waals surface area contributed by atoms with Gasteiger partial charge in [0.2, 0.25) is 5.91 Å². The molecule has 2 aliphatic carbocycles. The first kappa shape index (κ1) is 11.4. The Hall–Kier alpha value is -1.08. The minimum absolute atomic E-state index is 0.0751. The first-order valence-corrected chi connectivity index (χ1v) is 6.16. The lowest BCUT2D eigenvalue weighted by Crippen LogP contribution is -2.48. The van der Waals surface area contributed by atoms with Gasteiger partial charge in [-0.1, -0.05) is 6.42 Å². The van der Waals surface area contributed by atoms with E-state index < -0.39 is 0 Å². The maximum atomic E-state index is 11.7. The molecule has 3 unspecified atom stereocenters. The van der Waals surface area contributed by atoms with Crippen molar-refractivity contribution in [3.63, 3.8) is 0 Å². The van der Waals surface area contributed by atoms with Crippen LogP contribution in [0.25, 0.3) is 0 Å². The molecule has 0 aromatic heterocycles. The first-order valence-electron chi connectivity index (χ1n) is 6.16.